The summed E-state index contributed by atoms with van der Waals surface area (Å²) < 4.78 is 0. The third-order valence-corrected chi connectivity index (χ3v) is 5.83. The molecule has 102 valence electrons. The van der Waals surface area contributed by atoms with Crippen molar-refractivity contribution in [2.24, 2.45) is 0 Å². The lowest BCUT2D eigenvalue weighted by Gasteiger charge is -2.52. The van der Waals surface area contributed by atoms with E-state index in [-0.39, 0.29) is 17.3 Å². The Balaban J connectivity index is 1.97. The molecule has 2 heterocycles. The summed E-state index contributed by atoms with van der Waals surface area (Å²) in [5.74, 6) is 0.359. The maximum atomic E-state index is 11.1. The van der Waals surface area contributed by atoms with Crippen molar-refractivity contribution in [3.8, 4) is 0 Å². The molecule has 2 atom stereocenters. The second-order valence-corrected chi connectivity index (χ2v) is 6.96. The van der Waals surface area contributed by atoms with Crippen LogP contribution in [0.4, 0.5) is 0 Å². The van der Waals surface area contributed by atoms with E-state index in [9.17, 15) is 4.79 Å². The zero-order valence-corrected chi connectivity index (χ0v) is 11.9. The predicted molar refractivity (Wildman–Crippen MR) is 77.3 cm³/mol. The Bertz CT molecular complexity index is 505. The van der Waals surface area contributed by atoms with E-state index in [0.717, 1.165) is 25.1 Å². The first-order valence-electron chi connectivity index (χ1n) is 6.82. The van der Waals surface area contributed by atoms with Crippen molar-refractivity contribution in [1.82, 2.24) is 4.90 Å². The minimum Gasteiger partial charge on any atom is -0.481 e. The monoisotopic (exact) mass is 277 g/mol. The van der Waals surface area contributed by atoms with E-state index < -0.39 is 5.97 Å². The van der Waals surface area contributed by atoms with Crippen LogP contribution in [-0.4, -0.2) is 34.3 Å². The molecule has 0 saturated carbocycles. The van der Waals surface area contributed by atoms with Gasteiger partial charge in [0, 0.05) is 12.6 Å². The lowest BCUT2D eigenvalue weighted by molar-refractivity contribution is -0.139. The second kappa shape index (κ2) is 4.84. The Labute approximate surface area is 118 Å². The number of benzene rings is 1. The van der Waals surface area contributed by atoms with Crippen LogP contribution in [0.2, 0.25) is 0 Å². The lowest BCUT2D eigenvalue weighted by Crippen LogP contribution is -2.55. The Kier molecular flexibility index (Phi) is 3.31. The minimum atomic E-state index is -0.682. The number of hydrogen-bond acceptors (Lipinski definition) is 3. The largest absolute Gasteiger partial charge is 0.481 e. The van der Waals surface area contributed by atoms with Crippen LogP contribution < -0.4 is 0 Å². The van der Waals surface area contributed by atoms with Gasteiger partial charge in [0.1, 0.15) is 0 Å². The van der Waals surface area contributed by atoms with Gasteiger partial charge >= 0.3 is 5.97 Å². The van der Waals surface area contributed by atoms with Crippen LogP contribution in [0.15, 0.2) is 24.3 Å². The fourth-order valence-corrected chi connectivity index (χ4v) is 5.00. The van der Waals surface area contributed by atoms with Crippen LogP contribution in [-0.2, 0) is 16.1 Å². The molecule has 1 saturated heterocycles. The number of nitrogens with zero attached hydrogens (tertiary/aromatic N) is 1. The van der Waals surface area contributed by atoms with Crippen LogP contribution in [0.25, 0.3) is 0 Å². The summed E-state index contributed by atoms with van der Waals surface area (Å²) in [6.07, 6.45) is 2.27. The molecule has 1 aromatic carbocycles. The first-order chi connectivity index (χ1) is 9.11. The van der Waals surface area contributed by atoms with Crippen molar-refractivity contribution in [2.75, 3.05) is 12.3 Å². The van der Waals surface area contributed by atoms with Crippen LogP contribution in [0.3, 0.4) is 0 Å². The molecule has 0 amide bonds. The molecular weight excluding hydrogens is 258 g/mol. The van der Waals surface area contributed by atoms with Crippen molar-refractivity contribution in [1.29, 1.82) is 0 Å². The van der Waals surface area contributed by atoms with E-state index in [4.69, 9.17) is 5.11 Å². The molecule has 0 spiro atoms. The number of hydrogen-bond donors (Lipinski definition) is 1. The topological polar surface area (TPSA) is 40.5 Å². The van der Waals surface area contributed by atoms with Gasteiger partial charge in [-0.05, 0) is 36.6 Å². The van der Waals surface area contributed by atoms with Gasteiger partial charge in [-0.3, -0.25) is 9.69 Å². The van der Waals surface area contributed by atoms with Gasteiger partial charge in [0.05, 0.1) is 11.3 Å². The van der Waals surface area contributed by atoms with Crippen molar-refractivity contribution in [3.63, 3.8) is 0 Å². The number of carboxylic acids is 1. The molecule has 3 nitrogen and oxygen atoms in total. The quantitative estimate of drug-likeness (QED) is 0.902. The van der Waals surface area contributed by atoms with Crippen LogP contribution in [0.1, 0.15) is 30.9 Å². The highest BCUT2D eigenvalue weighted by molar-refractivity contribution is 8.00. The second-order valence-electron chi connectivity index (χ2n) is 5.47. The number of carbonyl (C=O) groups is 1. The standard InChI is InChI=1S/C15H19NO2S/c1-15-13-5-3-2-4-11(13)6-8-16(15)12(7-9-19-15)10-14(17)18/h2-5,12H,6-10H2,1H3,(H,17,18). The maximum absolute atomic E-state index is 11.1. The fraction of sp³-hybridized carbons (Fsp3) is 0.533. The molecular formula is C15H19NO2S. The van der Waals surface area contributed by atoms with Gasteiger partial charge in [-0.1, -0.05) is 24.3 Å². The van der Waals surface area contributed by atoms with Gasteiger partial charge in [-0.2, -0.15) is 0 Å². The molecule has 2 aliphatic heterocycles. The van der Waals surface area contributed by atoms with Gasteiger partial charge in [-0.15, -0.1) is 11.8 Å². The van der Waals surface area contributed by atoms with E-state index in [0.29, 0.717) is 0 Å². The van der Waals surface area contributed by atoms with Crippen LogP contribution in [0.5, 0.6) is 0 Å². The summed E-state index contributed by atoms with van der Waals surface area (Å²) in [7, 11) is 0. The molecule has 0 bridgehead atoms. The number of aliphatic carboxylic acids is 1. The van der Waals surface area contributed by atoms with Crippen molar-refractivity contribution in [2.45, 2.75) is 37.1 Å². The molecule has 1 N–H and O–H groups in total. The summed E-state index contributed by atoms with van der Waals surface area (Å²) in [5, 5.41) is 9.10. The molecule has 0 aliphatic carbocycles. The van der Waals surface area contributed by atoms with Crippen LogP contribution >= 0.6 is 11.8 Å². The van der Waals surface area contributed by atoms with E-state index in [1.165, 1.54) is 11.1 Å². The molecule has 1 fully saturated rings. The molecule has 2 unspecified atom stereocenters. The maximum Gasteiger partial charge on any atom is 0.304 e. The first-order valence-corrected chi connectivity index (χ1v) is 7.81. The van der Waals surface area contributed by atoms with E-state index in [2.05, 4.69) is 36.1 Å². The van der Waals surface area contributed by atoms with Gasteiger partial charge < -0.3 is 5.11 Å². The summed E-state index contributed by atoms with van der Waals surface area (Å²) in [6, 6.07) is 8.78. The lowest BCUT2D eigenvalue weighted by atomic mass is 9.90. The Hall–Kier alpha value is -1.00. The van der Waals surface area contributed by atoms with E-state index >= 15 is 0 Å². The summed E-state index contributed by atoms with van der Waals surface area (Å²) in [6.45, 7) is 3.22. The van der Waals surface area contributed by atoms with Gasteiger partial charge in [0.15, 0.2) is 0 Å². The van der Waals surface area contributed by atoms with Gasteiger partial charge in [0.2, 0.25) is 0 Å². The predicted octanol–water partition coefficient (Wildman–Crippen LogP) is 2.70. The van der Waals surface area contributed by atoms with Gasteiger partial charge in [0.25, 0.3) is 0 Å². The Morgan fingerprint density at radius 2 is 2.32 bits per heavy atom. The average Bonchev–Trinajstić information content (AvgIpc) is 2.38. The number of thioether (sulfide) groups is 1. The number of carboxylic acid groups (broad SMARTS) is 1. The van der Waals surface area contributed by atoms with Gasteiger partial charge in [-0.25, -0.2) is 0 Å². The van der Waals surface area contributed by atoms with E-state index in [1.54, 1.807) is 0 Å². The summed E-state index contributed by atoms with van der Waals surface area (Å²) >= 11 is 1.96. The van der Waals surface area contributed by atoms with Crippen molar-refractivity contribution >= 4 is 17.7 Å². The molecule has 19 heavy (non-hydrogen) atoms. The average molecular weight is 277 g/mol. The zero-order chi connectivity index (χ0) is 13.5. The highest BCUT2D eigenvalue weighted by Crippen LogP contribution is 2.49. The smallest absolute Gasteiger partial charge is 0.304 e. The molecule has 0 aromatic heterocycles. The third kappa shape index (κ3) is 2.17. The summed E-state index contributed by atoms with van der Waals surface area (Å²) in [5.41, 5.74) is 2.80. The first kappa shape index (κ1) is 13.0. The third-order valence-electron chi connectivity index (χ3n) is 4.37. The highest BCUT2D eigenvalue weighted by atomic mass is 32.2. The normalized spacial score (nSPS) is 30.5. The van der Waals surface area contributed by atoms with Crippen molar-refractivity contribution in [3.05, 3.63) is 35.4 Å². The molecule has 4 heteroatoms. The van der Waals surface area contributed by atoms with Crippen molar-refractivity contribution < 1.29 is 9.90 Å². The SMILES string of the molecule is CC12SCCC(CC(=O)O)N1CCc1ccccc12. The van der Waals surface area contributed by atoms with Crippen LogP contribution in [0, 0.1) is 0 Å². The Morgan fingerprint density at radius 3 is 3.11 bits per heavy atom. The molecule has 3 rings (SSSR count). The number of rotatable bonds is 2. The molecule has 2 aliphatic rings. The van der Waals surface area contributed by atoms with E-state index in [1.807, 2.05) is 11.8 Å². The number of fused-ring (bicyclic) bond motifs is 3. The highest BCUT2D eigenvalue weighted by Gasteiger charge is 2.45. The summed E-state index contributed by atoms with van der Waals surface area (Å²) in [4.78, 5) is 13.4. The molecule has 0 radical (unpaired) electrons. The minimum absolute atomic E-state index is 0.0484. The zero-order valence-electron chi connectivity index (χ0n) is 11.1. The fourth-order valence-electron chi connectivity index (χ4n) is 3.45. The Morgan fingerprint density at radius 1 is 1.53 bits per heavy atom. The molecule has 1 aromatic rings.